The van der Waals surface area contributed by atoms with Crippen LogP contribution in [-0.4, -0.2) is 31.4 Å². The van der Waals surface area contributed by atoms with Crippen LogP contribution in [0.3, 0.4) is 0 Å². The van der Waals surface area contributed by atoms with Gasteiger partial charge in [0.25, 0.3) is 5.91 Å². The highest BCUT2D eigenvalue weighted by atomic mass is 16.2. The van der Waals surface area contributed by atoms with E-state index in [4.69, 9.17) is 0 Å². The SMILES string of the molecule is CCCCCCC(=O)Nc1ccc(N2CCC(Cc3ccccc3)CC2)c(C(=O)NCCc2ccccc2)c1. The summed E-state index contributed by atoms with van der Waals surface area (Å²) in [5.74, 6) is 0.570. The number of anilines is 2. The summed E-state index contributed by atoms with van der Waals surface area (Å²) < 4.78 is 0. The Morgan fingerprint density at radius 2 is 1.54 bits per heavy atom. The number of nitrogens with one attached hydrogen (secondary N) is 2. The van der Waals surface area contributed by atoms with Crippen molar-refractivity contribution >= 4 is 23.2 Å². The number of piperidine rings is 1. The van der Waals surface area contributed by atoms with E-state index in [0.29, 0.717) is 30.1 Å². The van der Waals surface area contributed by atoms with E-state index in [2.05, 4.69) is 64.9 Å². The van der Waals surface area contributed by atoms with Gasteiger partial charge in [-0.1, -0.05) is 86.8 Å². The van der Waals surface area contributed by atoms with Crippen molar-refractivity contribution in [2.24, 2.45) is 5.92 Å². The average molecular weight is 526 g/mol. The van der Waals surface area contributed by atoms with Crippen LogP contribution in [0.5, 0.6) is 0 Å². The molecule has 0 aromatic heterocycles. The molecule has 0 aliphatic carbocycles. The number of carbonyl (C=O) groups excluding carboxylic acids is 2. The fourth-order valence-electron chi connectivity index (χ4n) is 5.39. The van der Waals surface area contributed by atoms with E-state index < -0.39 is 0 Å². The zero-order valence-electron chi connectivity index (χ0n) is 23.3. The second kappa shape index (κ2) is 15.1. The monoisotopic (exact) mass is 525 g/mol. The lowest BCUT2D eigenvalue weighted by atomic mass is 9.89. The first-order valence-electron chi connectivity index (χ1n) is 14.7. The van der Waals surface area contributed by atoms with Crippen molar-refractivity contribution in [1.82, 2.24) is 5.32 Å². The van der Waals surface area contributed by atoms with Crippen molar-refractivity contribution < 1.29 is 9.59 Å². The number of hydrogen-bond donors (Lipinski definition) is 2. The van der Waals surface area contributed by atoms with E-state index >= 15 is 0 Å². The third-order valence-electron chi connectivity index (χ3n) is 7.65. The smallest absolute Gasteiger partial charge is 0.253 e. The van der Waals surface area contributed by atoms with Crippen molar-refractivity contribution in [2.45, 2.75) is 64.7 Å². The standard InChI is InChI=1S/C34H43N3O2/c1-2-3-4-11-16-33(38)36-30-17-18-32(31(26-30)34(39)35-22-19-27-12-7-5-8-13-27)37-23-20-29(21-24-37)25-28-14-9-6-10-15-28/h5-10,12-15,17-18,26,29H,2-4,11,16,19-25H2,1H3,(H,35,39)(H,36,38). The molecule has 39 heavy (non-hydrogen) atoms. The van der Waals surface area contributed by atoms with Crippen molar-refractivity contribution in [2.75, 3.05) is 29.9 Å². The van der Waals surface area contributed by atoms with E-state index in [-0.39, 0.29) is 11.8 Å². The van der Waals surface area contributed by atoms with Crippen molar-refractivity contribution in [3.63, 3.8) is 0 Å². The summed E-state index contributed by atoms with van der Waals surface area (Å²) in [6, 6.07) is 26.7. The second-order valence-corrected chi connectivity index (χ2v) is 10.7. The maximum Gasteiger partial charge on any atom is 0.253 e. The minimum absolute atomic E-state index is 0.0102. The molecule has 0 unspecified atom stereocenters. The largest absolute Gasteiger partial charge is 0.371 e. The Balaban J connectivity index is 1.42. The third-order valence-corrected chi connectivity index (χ3v) is 7.65. The molecule has 4 rings (SSSR count). The highest BCUT2D eigenvalue weighted by molar-refractivity contribution is 6.02. The summed E-state index contributed by atoms with van der Waals surface area (Å²) in [4.78, 5) is 28.3. The van der Waals surface area contributed by atoms with Crippen LogP contribution < -0.4 is 15.5 Å². The number of carbonyl (C=O) groups is 2. The molecule has 1 aliphatic heterocycles. The zero-order chi connectivity index (χ0) is 27.3. The average Bonchev–Trinajstić information content (AvgIpc) is 2.97. The maximum absolute atomic E-state index is 13.4. The molecule has 0 bridgehead atoms. The molecule has 3 aromatic rings. The molecule has 1 fully saturated rings. The summed E-state index contributed by atoms with van der Waals surface area (Å²) in [6.45, 7) is 4.57. The lowest BCUT2D eigenvalue weighted by molar-refractivity contribution is -0.116. The third kappa shape index (κ3) is 8.98. The maximum atomic E-state index is 13.4. The van der Waals surface area contributed by atoms with Gasteiger partial charge >= 0.3 is 0 Å². The molecule has 5 nitrogen and oxygen atoms in total. The normalized spacial score (nSPS) is 13.7. The summed E-state index contributed by atoms with van der Waals surface area (Å²) >= 11 is 0. The first kappa shape index (κ1) is 28.4. The molecule has 1 heterocycles. The van der Waals surface area contributed by atoms with E-state index in [1.165, 1.54) is 11.1 Å². The number of benzene rings is 3. The quantitative estimate of drug-likeness (QED) is 0.236. The van der Waals surface area contributed by atoms with Crippen LogP contribution >= 0.6 is 0 Å². The van der Waals surface area contributed by atoms with Gasteiger partial charge in [-0.25, -0.2) is 0 Å². The van der Waals surface area contributed by atoms with Gasteiger partial charge in [0.1, 0.15) is 0 Å². The Bertz CT molecular complexity index is 1170. The van der Waals surface area contributed by atoms with Crippen molar-refractivity contribution in [1.29, 1.82) is 0 Å². The summed E-state index contributed by atoms with van der Waals surface area (Å²) in [5, 5.41) is 6.14. The Kier molecular flexibility index (Phi) is 11.0. The fraction of sp³-hybridized carbons (Fsp3) is 0.412. The van der Waals surface area contributed by atoms with Gasteiger partial charge in [0.15, 0.2) is 0 Å². The molecule has 0 atom stereocenters. The lowest BCUT2D eigenvalue weighted by Crippen LogP contribution is -2.36. The number of nitrogens with zero attached hydrogens (tertiary/aromatic N) is 1. The van der Waals surface area contributed by atoms with Crippen LogP contribution in [0, 0.1) is 5.92 Å². The van der Waals surface area contributed by atoms with Crippen LogP contribution in [-0.2, 0) is 17.6 Å². The molecule has 0 radical (unpaired) electrons. The minimum atomic E-state index is -0.0913. The topological polar surface area (TPSA) is 61.4 Å². The fourth-order valence-corrected chi connectivity index (χ4v) is 5.39. The Labute approximate surface area is 234 Å². The predicted octanol–water partition coefficient (Wildman–Crippen LogP) is 7.03. The van der Waals surface area contributed by atoms with Crippen LogP contribution in [0.2, 0.25) is 0 Å². The minimum Gasteiger partial charge on any atom is -0.371 e. The number of unbranched alkanes of at least 4 members (excludes halogenated alkanes) is 3. The van der Waals surface area contributed by atoms with E-state index in [0.717, 1.165) is 70.1 Å². The summed E-state index contributed by atoms with van der Waals surface area (Å²) in [6.07, 6.45) is 8.84. The van der Waals surface area contributed by atoms with E-state index in [1.54, 1.807) is 0 Å². The second-order valence-electron chi connectivity index (χ2n) is 10.7. The van der Waals surface area contributed by atoms with Gasteiger partial charge < -0.3 is 15.5 Å². The van der Waals surface area contributed by atoms with Gasteiger partial charge in [0, 0.05) is 37.4 Å². The molecule has 1 saturated heterocycles. The molecule has 2 N–H and O–H groups in total. The lowest BCUT2D eigenvalue weighted by Gasteiger charge is -2.35. The van der Waals surface area contributed by atoms with Crippen LogP contribution in [0.1, 0.15) is 73.4 Å². The Hall–Kier alpha value is -3.60. The Morgan fingerprint density at radius 1 is 0.846 bits per heavy atom. The number of amides is 2. The predicted molar refractivity (Wildman–Crippen MR) is 161 cm³/mol. The first-order valence-corrected chi connectivity index (χ1v) is 14.7. The highest BCUT2D eigenvalue weighted by Gasteiger charge is 2.24. The molecule has 3 aromatic carbocycles. The van der Waals surface area contributed by atoms with Gasteiger partial charge in [-0.05, 0) is 67.3 Å². The molecular formula is C34H43N3O2. The van der Waals surface area contributed by atoms with E-state index in [9.17, 15) is 9.59 Å². The highest BCUT2D eigenvalue weighted by Crippen LogP contribution is 2.30. The van der Waals surface area contributed by atoms with Gasteiger partial charge in [0.2, 0.25) is 5.91 Å². The van der Waals surface area contributed by atoms with Crippen LogP contribution in [0.15, 0.2) is 78.9 Å². The number of rotatable bonds is 13. The van der Waals surface area contributed by atoms with Crippen LogP contribution in [0.4, 0.5) is 11.4 Å². The molecule has 2 amide bonds. The van der Waals surface area contributed by atoms with Crippen molar-refractivity contribution in [3.05, 3.63) is 95.6 Å². The molecule has 0 spiro atoms. The first-order chi connectivity index (χ1) is 19.1. The molecule has 206 valence electrons. The van der Waals surface area contributed by atoms with Gasteiger partial charge in [-0.2, -0.15) is 0 Å². The van der Waals surface area contributed by atoms with Crippen molar-refractivity contribution in [3.8, 4) is 0 Å². The van der Waals surface area contributed by atoms with E-state index in [1.807, 2.05) is 36.4 Å². The summed E-state index contributed by atoms with van der Waals surface area (Å²) in [7, 11) is 0. The zero-order valence-corrected chi connectivity index (χ0v) is 23.3. The van der Waals surface area contributed by atoms with Gasteiger partial charge in [-0.3, -0.25) is 9.59 Å². The van der Waals surface area contributed by atoms with Gasteiger partial charge in [0.05, 0.1) is 5.56 Å². The Morgan fingerprint density at radius 3 is 2.23 bits per heavy atom. The van der Waals surface area contributed by atoms with Gasteiger partial charge in [-0.15, -0.1) is 0 Å². The summed E-state index contributed by atoms with van der Waals surface area (Å²) in [5.41, 5.74) is 4.86. The van der Waals surface area contributed by atoms with Crippen LogP contribution in [0.25, 0.3) is 0 Å². The molecule has 1 aliphatic rings. The number of hydrogen-bond acceptors (Lipinski definition) is 3. The molecule has 5 heteroatoms. The molecular weight excluding hydrogens is 482 g/mol. The molecule has 0 saturated carbocycles.